The summed E-state index contributed by atoms with van der Waals surface area (Å²) in [5.41, 5.74) is 5.90. The Morgan fingerprint density at radius 1 is 1.09 bits per heavy atom. The first kappa shape index (κ1) is 14.3. The molecule has 0 radical (unpaired) electrons. The maximum Gasteiger partial charge on any atom is 0.114 e. The highest BCUT2D eigenvalue weighted by atomic mass is 15.1. The van der Waals surface area contributed by atoms with E-state index in [-0.39, 0.29) is 0 Å². The number of hydrogen-bond donors (Lipinski definition) is 0. The van der Waals surface area contributed by atoms with Gasteiger partial charge in [0, 0.05) is 13.0 Å². The fourth-order valence-electron chi connectivity index (χ4n) is 2.75. The highest BCUT2D eigenvalue weighted by molar-refractivity contribution is 5.78. The lowest BCUT2D eigenvalue weighted by Gasteiger charge is -2.08. The van der Waals surface area contributed by atoms with Gasteiger partial charge in [0.15, 0.2) is 0 Å². The molecule has 22 heavy (non-hydrogen) atoms. The summed E-state index contributed by atoms with van der Waals surface area (Å²) < 4.78 is 2.19. The van der Waals surface area contributed by atoms with Gasteiger partial charge < -0.3 is 4.57 Å². The van der Waals surface area contributed by atoms with Gasteiger partial charge in [0.2, 0.25) is 0 Å². The van der Waals surface area contributed by atoms with E-state index in [0.717, 1.165) is 23.3 Å². The zero-order chi connectivity index (χ0) is 15.5. The Hall–Kier alpha value is -2.60. The normalized spacial score (nSPS) is 10.8. The van der Waals surface area contributed by atoms with Gasteiger partial charge in [-0.2, -0.15) is 5.26 Å². The number of fused-ring (bicyclic) bond motifs is 1. The molecule has 0 N–H and O–H groups in total. The molecule has 3 rings (SSSR count). The van der Waals surface area contributed by atoms with Crippen molar-refractivity contribution in [3.8, 4) is 6.07 Å². The third-order valence-corrected chi connectivity index (χ3v) is 4.10. The molecule has 0 aliphatic carbocycles. The Balaban J connectivity index is 2.09. The van der Waals surface area contributed by atoms with Crippen LogP contribution in [0.2, 0.25) is 0 Å². The predicted octanol–water partition coefficient (Wildman–Crippen LogP) is 4.16. The highest BCUT2D eigenvalue weighted by Gasteiger charge is 2.12. The second-order valence-electron chi connectivity index (χ2n) is 5.68. The summed E-state index contributed by atoms with van der Waals surface area (Å²) >= 11 is 0. The number of rotatable bonds is 4. The molecule has 1 aromatic heterocycles. The molecule has 0 bridgehead atoms. The van der Waals surface area contributed by atoms with E-state index >= 15 is 0 Å². The number of nitriles is 1. The van der Waals surface area contributed by atoms with Crippen molar-refractivity contribution in [1.82, 2.24) is 9.55 Å². The molecule has 3 heteroatoms. The lowest BCUT2D eigenvalue weighted by Crippen LogP contribution is -2.04. The van der Waals surface area contributed by atoms with Crippen molar-refractivity contribution in [2.45, 2.75) is 33.2 Å². The molecule has 3 nitrogen and oxygen atoms in total. The molecule has 3 aromatic rings. The standard InChI is InChI=1S/C19H19N3/c1-14-11-17-18(12-15(14)2)22(10-6-9-20)19(21-17)13-16-7-4-3-5-8-16/h3-5,7-8,11-12H,6,10,13H2,1-2H3. The smallest absolute Gasteiger partial charge is 0.114 e. The fraction of sp³-hybridized carbons (Fsp3) is 0.263. The van der Waals surface area contributed by atoms with Gasteiger partial charge in [-0.15, -0.1) is 0 Å². The average molecular weight is 289 g/mol. The minimum atomic E-state index is 0.500. The van der Waals surface area contributed by atoms with E-state index in [9.17, 15) is 0 Å². The number of hydrogen-bond acceptors (Lipinski definition) is 2. The predicted molar refractivity (Wildman–Crippen MR) is 88.7 cm³/mol. The molecular formula is C19H19N3. The van der Waals surface area contributed by atoms with Crippen LogP contribution in [0, 0.1) is 25.2 Å². The number of imidazole rings is 1. The lowest BCUT2D eigenvalue weighted by atomic mass is 10.1. The molecule has 1 heterocycles. The minimum Gasteiger partial charge on any atom is -0.327 e. The van der Waals surface area contributed by atoms with E-state index in [1.54, 1.807) is 0 Å². The van der Waals surface area contributed by atoms with Gasteiger partial charge in [-0.05, 0) is 42.7 Å². The Bertz CT molecular complexity index is 838. The van der Waals surface area contributed by atoms with E-state index in [0.29, 0.717) is 13.0 Å². The molecule has 0 amide bonds. The monoisotopic (exact) mass is 289 g/mol. The first-order valence-electron chi connectivity index (χ1n) is 7.56. The van der Waals surface area contributed by atoms with Gasteiger partial charge >= 0.3 is 0 Å². The number of benzene rings is 2. The van der Waals surface area contributed by atoms with Crippen molar-refractivity contribution in [3.05, 3.63) is 65.0 Å². The Morgan fingerprint density at radius 3 is 2.55 bits per heavy atom. The Morgan fingerprint density at radius 2 is 1.82 bits per heavy atom. The van der Waals surface area contributed by atoms with E-state index in [1.165, 1.54) is 16.7 Å². The molecule has 0 unspecified atom stereocenters. The van der Waals surface area contributed by atoms with Crippen LogP contribution in [0.1, 0.15) is 28.9 Å². The minimum absolute atomic E-state index is 0.500. The van der Waals surface area contributed by atoms with Crippen LogP contribution in [0.15, 0.2) is 42.5 Å². The highest BCUT2D eigenvalue weighted by Crippen LogP contribution is 2.22. The molecular weight excluding hydrogens is 270 g/mol. The van der Waals surface area contributed by atoms with Crippen molar-refractivity contribution in [2.24, 2.45) is 0 Å². The largest absolute Gasteiger partial charge is 0.327 e. The zero-order valence-corrected chi connectivity index (χ0v) is 13.0. The summed E-state index contributed by atoms with van der Waals surface area (Å²) in [4.78, 5) is 4.82. The van der Waals surface area contributed by atoms with Crippen LogP contribution >= 0.6 is 0 Å². The molecule has 2 aromatic carbocycles. The number of aryl methyl sites for hydroxylation is 3. The summed E-state index contributed by atoms with van der Waals surface area (Å²) in [5, 5.41) is 8.93. The molecule has 0 fully saturated rings. The summed E-state index contributed by atoms with van der Waals surface area (Å²) in [5.74, 6) is 1.03. The molecule has 0 spiro atoms. The van der Waals surface area contributed by atoms with Gasteiger partial charge in [-0.1, -0.05) is 30.3 Å². The second-order valence-corrected chi connectivity index (χ2v) is 5.68. The third kappa shape index (κ3) is 2.73. The number of nitrogens with zero attached hydrogens (tertiary/aromatic N) is 3. The van der Waals surface area contributed by atoms with Gasteiger partial charge in [-0.3, -0.25) is 0 Å². The second kappa shape index (κ2) is 6.03. The zero-order valence-electron chi connectivity index (χ0n) is 13.0. The summed E-state index contributed by atoms with van der Waals surface area (Å²) in [6, 6.07) is 16.9. The van der Waals surface area contributed by atoms with Gasteiger partial charge in [0.1, 0.15) is 5.82 Å². The topological polar surface area (TPSA) is 41.6 Å². The van der Waals surface area contributed by atoms with E-state index in [2.05, 4.69) is 48.7 Å². The van der Waals surface area contributed by atoms with Crippen LogP contribution < -0.4 is 0 Å². The molecule has 0 aliphatic heterocycles. The fourth-order valence-corrected chi connectivity index (χ4v) is 2.75. The first-order chi connectivity index (χ1) is 10.7. The van der Waals surface area contributed by atoms with Crippen molar-refractivity contribution < 1.29 is 0 Å². The molecule has 0 atom stereocenters. The van der Waals surface area contributed by atoms with Gasteiger partial charge in [-0.25, -0.2) is 4.98 Å². The maximum absolute atomic E-state index is 8.93. The van der Waals surface area contributed by atoms with Crippen LogP contribution in [0.5, 0.6) is 0 Å². The third-order valence-electron chi connectivity index (χ3n) is 4.10. The van der Waals surface area contributed by atoms with E-state index in [1.807, 2.05) is 18.2 Å². The summed E-state index contributed by atoms with van der Waals surface area (Å²) in [6.45, 7) is 4.92. The molecule has 110 valence electrons. The van der Waals surface area contributed by atoms with Crippen LogP contribution in [0.4, 0.5) is 0 Å². The molecule has 0 aliphatic rings. The van der Waals surface area contributed by atoms with Crippen LogP contribution in [0.25, 0.3) is 11.0 Å². The van der Waals surface area contributed by atoms with Crippen molar-refractivity contribution in [2.75, 3.05) is 0 Å². The SMILES string of the molecule is Cc1cc2nc(Cc3ccccc3)n(CCC#N)c2cc1C. The van der Waals surface area contributed by atoms with Crippen LogP contribution in [-0.2, 0) is 13.0 Å². The maximum atomic E-state index is 8.93. The van der Waals surface area contributed by atoms with Crippen LogP contribution in [-0.4, -0.2) is 9.55 Å². The average Bonchev–Trinajstić information content (AvgIpc) is 2.83. The number of aromatic nitrogens is 2. The van der Waals surface area contributed by atoms with Crippen molar-refractivity contribution >= 4 is 11.0 Å². The van der Waals surface area contributed by atoms with E-state index in [4.69, 9.17) is 10.2 Å². The van der Waals surface area contributed by atoms with Gasteiger partial charge in [0.05, 0.1) is 23.5 Å². The van der Waals surface area contributed by atoms with Gasteiger partial charge in [0.25, 0.3) is 0 Å². The van der Waals surface area contributed by atoms with E-state index < -0.39 is 0 Å². The summed E-state index contributed by atoms with van der Waals surface area (Å²) in [7, 11) is 0. The molecule has 0 saturated carbocycles. The lowest BCUT2D eigenvalue weighted by molar-refractivity contribution is 0.695. The van der Waals surface area contributed by atoms with Crippen LogP contribution in [0.3, 0.4) is 0 Å². The summed E-state index contributed by atoms with van der Waals surface area (Å²) in [6.07, 6.45) is 1.29. The quantitative estimate of drug-likeness (QED) is 0.723. The van der Waals surface area contributed by atoms with Crippen molar-refractivity contribution in [3.63, 3.8) is 0 Å². The van der Waals surface area contributed by atoms with Crippen molar-refractivity contribution in [1.29, 1.82) is 5.26 Å². The Labute approximate surface area is 130 Å². The molecule has 0 saturated heterocycles. The Kier molecular flexibility index (Phi) is 3.93. The first-order valence-corrected chi connectivity index (χ1v) is 7.56.